The molecule has 4 rings (SSSR count). The third-order valence-corrected chi connectivity index (χ3v) is 7.77. The average Bonchev–Trinajstić information content (AvgIpc) is 3.40. The molecule has 4 heterocycles. The molecule has 17 heteroatoms. The standard InChI is InChI=1S/C16H17N9O5S3/c1-24-16(20-22-23-24)33-4-6-3-31-13-9(12(27)25(13)10(6)14(28)29)19-11(26)8(21-30-2)7-5-32-15(17)18-7/h5,9,13H,3-4H2,1-2H3,(H2,17,18)(H,19,26)(H,28,29)/b21-8-/t9?,13-/m0/s1. The first-order valence-electron chi connectivity index (χ1n) is 9.20. The van der Waals surface area contributed by atoms with Crippen LogP contribution in [0.1, 0.15) is 5.69 Å². The highest BCUT2D eigenvalue weighted by Crippen LogP contribution is 2.41. The zero-order chi connectivity index (χ0) is 23.7. The molecule has 1 fully saturated rings. The molecule has 2 atom stereocenters. The Labute approximate surface area is 198 Å². The number of oxime groups is 1. The van der Waals surface area contributed by atoms with Crippen LogP contribution in [0.2, 0.25) is 0 Å². The summed E-state index contributed by atoms with van der Waals surface area (Å²) in [6.45, 7) is 0. The number of thiazole rings is 1. The number of nitrogens with one attached hydrogen (secondary N) is 1. The number of nitrogen functional groups attached to an aromatic ring is 1. The van der Waals surface area contributed by atoms with Gasteiger partial charge in [0.15, 0.2) is 10.8 Å². The molecule has 1 saturated heterocycles. The summed E-state index contributed by atoms with van der Waals surface area (Å²) in [4.78, 5) is 47.6. The fourth-order valence-corrected chi connectivity index (χ4v) is 6.07. The molecule has 33 heavy (non-hydrogen) atoms. The molecule has 0 aromatic carbocycles. The van der Waals surface area contributed by atoms with Crippen molar-refractivity contribution < 1.29 is 24.3 Å². The summed E-state index contributed by atoms with van der Waals surface area (Å²) in [6.07, 6.45) is 0. The molecular formula is C16H17N9O5S3. The van der Waals surface area contributed by atoms with Crippen LogP contribution in [0.4, 0.5) is 5.13 Å². The minimum Gasteiger partial charge on any atom is -0.477 e. The fraction of sp³-hybridized carbons (Fsp3) is 0.375. The third kappa shape index (κ3) is 4.38. The Kier molecular flexibility index (Phi) is 6.52. The lowest BCUT2D eigenvalue weighted by atomic mass is 10.0. The Balaban J connectivity index is 1.49. The van der Waals surface area contributed by atoms with Gasteiger partial charge >= 0.3 is 5.97 Å². The lowest BCUT2D eigenvalue weighted by molar-refractivity contribution is -0.150. The Morgan fingerprint density at radius 3 is 2.88 bits per heavy atom. The van der Waals surface area contributed by atoms with Crippen molar-refractivity contribution in [2.75, 3.05) is 24.3 Å². The normalized spacial score (nSPS) is 20.4. The van der Waals surface area contributed by atoms with Crippen LogP contribution in [-0.2, 0) is 26.3 Å². The van der Waals surface area contributed by atoms with E-state index in [9.17, 15) is 19.5 Å². The number of amides is 2. The van der Waals surface area contributed by atoms with E-state index in [0.29, 0.717) is 22.2 Å². The third-order valence-electron chi connectivity index (χ3n) is 4.66. The van der Waals surface area contributed by atoms with Gasteiger partial charge in [0.2, 0.25) is 5.16 Å². The number of fused-ring (bicyclic) bond motifs is 1. The first-order chi connectivity index (χ1) is 15.8. The minimum atomic E-state index is -1.22. The van der Waals surface area contributed by atoms with Crippen molar-refractivity contribution >= 4 is 63.5 Å². The Hall–Kier alpha value is -3.18. The van der Waals surface area contributed by atoms with Crippen molar-refractivity contribution in [1.29, 1.82) is 0 Å². The van der Waals surface area contributed by atoms with Crippen molar-refractivity contribution in [3.63, 3.8) is 0 Å². The van der Waals surface area contributed by atoms with Gasteiger partial charge in [-0.15, -0.1) is 28.2 Å². The van der Waals surface area contributed by atoms with E-state index in [-0.39, 0.29) is 22.2 Å². The highest BCUT2D eigenvalue weighted by atomic mass is 32.2. The highest BCUT2D eigenvalue weighted by Gasteiger charge is 2.54. The second-order valence-corrected chi connectivity index (χ2v) is 9.62. The number of rotatable bonds is 8. The first kappa shape index (κ1) is 23.0. The maximum atomic E-state index is 12.9. The number of aryl methyl sites for hydroxylation is 1. The van der Waals surface area contributed by atoms with Gasteiger partial charge in [-0.3, -0.25) is 14.5 Å². The van der Waals surface area contributed by atoms with Crippen LogP contribution in [0.15, 0.2) is 27.0 Å². The number of thioether (sulfide) groups is 2. The Morgan fingerprint density at radius 2 is 2.27 bits per heavy atom. The number of β-lactam (4-membered cyclic amide) rings is 1. The Bertz CT molecular complexity index is 1180. The number of hydrogen-bond acceptors (Lipinski definition) is 13. The molecule has 0 spiro atoms. The molecule has 0 saturated carbocycles. The number of nitrogens with two attached hydrogens (primary N) is 1. The van der Waals surface area contributed by atoms with E-state index in [2.05, 4.69) is 31.0 Å². The van der Waals surface area contributed by atoms with Gasteiger partial charge in [-0.05, 0) is 16.0 Å². The summed E-state index contributed by atoms with van der Waals surface area (Å²) >= 11 is 3.75. The zero-order valence-corrected chi connectivity index (χ0v) is 19.6. The number of hydrogen-bond donors (Lipinski definition) is 3. The number of carbonyl (C=O) groups excluding carboxylic acids is 2. The quantitative estimate of drug-likeness (QED) is 0.172. The summed E-state index contributed by atoms with van der Waals surface area (Å²) in [5.41, 5.74) is 6.17. The number of nitrogens with zero attached hydrogens (tertiary/aromatic N) is 7. The van der Waals surface area contributed by atoms with Crippen LogP contribution >= 0.6 is 34.9 Å². The monoisotopic (exact) mass is 511 g/mol. The van der Waals surface area contributed by atoms with Gasteiger partial charge in [0.05, 0.1) is 0 Å². The number of carboxylic acids is 1. The van der Waals surface area contributed by atoms with Crippen molar-refractivity contribution in [2.24, 2.45) is 12.2 Å². The van der Waals surface area contributed by atoms with Gasteiger partial charge in [-0.2, -0.15) is 0 Å². The van der Waals surface area contributed by atoms with Gasteiger partial charge in [-0.1, -0.05) is 16.9 Å². The highest BCUT2D eigenvalue weighted by molar-refractivity contribution is 8.01. The number of tetrazole rings is 1. The number of carboxylic acid groups (broad SMARTS) is 1. The molecule has 4 N–H and O–H groups in total. The molecule has 2 aromatic heterocycles. The summed E-state index contributed by atoms with van der Waals surface area (Å²) < 4.78 is 1.47. The molecule has 14 nitrogen and oxygen atoms in total. The van der Waals surface area contributed by atoms with E-state index in [0.717, 1.165) is 11.3 Å². The topological polar surface area (TPSA) is 191 Å². The molecule has 2 aromatic rings. The molecule has 0 aliphatic carbocycles. The maximum Gasteiger partial charge on any atom is 0.352 e. The van der Waals surface area contributed by atoms with Gasteiger partial charge < -0.3 is 21.0 Å². The predicted molar refractivity (Wildman–Crippen MR) is 119 cm³/mol. The van der Waals surface area contributed by atoms with Crippen LogP contribution in [0.25, 0.3) is 0 Å². The van der Waals surface area contributed by atoms with E-state index in [1.807, 2.05) is 0 Å². The van der Waals surface area contributed by atoms with E-state index < -0.39 is 29.2 Å². The van der Waals surface area contributed by atoms with Crippen LogP contribution in [0.3, 0.4) is 0 Å². The second-order valence-electron chi connectivity index (χ2n) is 6.69. The summed E-state index contributed by atoms with van der Waals surface area (Å²) in [5, 5.41) is 29.0. The van der Waals surface area contributed by atoms with Crippen molar-refractivity contribution in [3.8, 4) is 0 Å². The molecule has 1 unspecified atom stereocenters. The zero-order valence-electron chi connectivity index (χ0n) is 17.2. The summed E-state index contributed by atoms with van der Waals surface area (Å²) in [5.74, 6) is -1.77. The summed E-state index contributed by atoms with van der Waals surface area (Å²) in [6, 6.07) is -0.924. The van der Waals surface area contributed by atoms with Gasteiger partial charge in [0.25, 0.3) is 11.8 Å². The van der Waals surface area contributed by atoms with Crippen molar-refractivity contribution in [3.05, 3.63) is 22.3 Å². The smallest absolute Gasteiger partial charge is 0.352 e. The molecule has 0 radical (unpaired) electrons. The second kappa shape index (κ2) is 9.36. The Morgan fingerprint density at radius 1 is 1.48 bits per heavy atom. The molecule has 2 amide bonds. The van der Waals surface area contributed by atoms with Crippen LogP contribution < -0.4 is 11.1 Å². The predicted octanol–water partition coefficient (Wildman–Crippen LogP) is -0.870. The number of aliphatic carboxylic acids is 1. The minimum absolute atomic E-state index is 0.0880. The van der Waals surface area contributed by atoms with Crippen LogP contribution in [0, 0.1) is 0 Å². The fourth-order valence-electron chi connectivity index (χ4n) is 3.19. The largest absolute Gasteiger partial charge is 0.477 e. The number of carbonyl (C=O) groups is 3. The van der Waals surface area contributed by atoms with Crippen molar-refractivity contribution in [2.45, 2.75) is 16.6 Å². The molecule has 0 bridgehead atoms. The van der Waals surface area contributed by atoms with Crippen LogP contribution in [0.5, 0.6) is 0 Å². The van der Waals surface area contributed by atoms with Gasteiger partial charge in [-0.25, -0.2) is 14.5 Å². The average molecular weight is 512 g/mol. The number of aromatic nitrogens is 5. The summed E-state index contributed by atoms with van der Waals surface area (Å²) in [7, 11) is 2.95. The first-order valence-corrected chi connectivity index (χ1v) is 12.1. The molecule has 2 aliphatic rings. The van der Waals surface area contributed by atoms with Gasteiger partial charge in [0.1, 0.15) is 29.9 Å². The van der Waals surface area contributed by atoms with E-state index in [1.165, 1.54) is 40.2 Å². The lowest BCUT2D eigenvalue weighted by Crippen LogP contribution is -2.71. The van der Waals surface area contributed by atoms with E-state index >= 15 is 0 Å². The van der Waals surface area contributed by atoms with E-state index in [4.69, 9.17) is 10.6 Å². The van der Waals surface area contributed by atoms with Gasteiger partial charge in [0, 0.05) is 23.9 Å². The SMILES string of the molecule is CO/N=C(\C(=O)NC1C(=O)N2C(C(=O)O)=C(CSc3nnnn3C)CS[C@@H]12)c1csc(N)n1. The molecule has 2 aliphatic heterocycles. The van der Waals surface area contributed by atoms with Crippen LogP contribution in [-0.4, -0.2) is 88.7 Å². The molecule has 174 valence electrons. The number of anilines is 1. The maximum absolute atomic E-state index is 12.9. The lowest BCUT2D eigenvalue weighted by Gasteiger charge is -2.49. The molecular weight excluding hydrogens is 494 g/mol. The van der Waals surface area contributed by atoms with Crippen molar-refractivity contribution in [1.82, 2.24) is 35.4 Å². The van der Waals surface area contributed by atoms with E-state index in [1.54, 1.807) is 12.4 Å².